The Hall–Kier alpha value is -2.80. The predicted octanol–water partition coefficient (Wildman–Crippen LogP) is 5.33. The topological polar surface area (TPSA) is 53.3 Å². The van der Waals surface area contributed by atoms with Crippen molar-refractivity contribution in [1.82, 2.24) is 4.90 Å². The van der Waals surface area contributed by atoms with E-state index >= 15 is 0 Å². The van der Waals surface area contributed by atoms with Gasteiger partial charge in [0.2, 0.25) is 0 Å². The zero-order valence-corrected chi connectivity index (χ0v) is 14.6. The van der Waals surface area contributed by atoms with Crippen LogP contribution in [0, 0.1) is 11.3 Å². The number of carbonyl (C=O) groups is 1. The normalized spacial score (nSPS) is 11.4. The third kappa shape index (κ3) is 5.65. The van der Waals surface area contributed by atoms with Gasteiger partial charge in [0.1, 0.15) is 11.8 Å². The first-order chi connectivity index (χ1) is 12.3. The minimum Gasteiger partial charge on any atom is -0.410 e. The van der Waals surface area contributed by atoms with Crippen molar-refractivity contribution in [2.45, 2.75) is 38.6 Å². The maximum atomic E-state index is 12.7. The fraction of sp³-hybridized carbons (Fsp3) is 0.333. The number of ether oxygens (including phenoxy) is 1. The van der Waals surface area contributed by atoms with Gasteiger partial charge in [0.05, 0.1) is 6.07 Å². The Bertz CT molecular complexity index is 680. The molecule has 0 heterocycles. The Morgan fingerprint density at radius 3 is 2.28 bits per heavy atom. The van der Waals surface area contributed by atoms with E-state index in [1.54, 1.807) is 12.1 Å². The molecule has 4 nitrogen and oxygen atoms in total. The number of para-hydroxylation sites is 1. The number of hydrogen-bond acceptors (Lipinski definition) is 3. The highest BCUT2D eigenvalue weighted by Gasteiger charge is 2.26. The Labute approximate surface area is 149 Å². The van der Waals surface area contributed by atoms with Crippen molar-refractivity contribution in [2.24, 2.45) is 0 Å². The Morgan fingerprint density at radius 2 is 1.68 bits per heavy atom. The lowest BCUT2D eigenvalue weighted by atomic mass is 10.1. The monoisotopic (exact) mass is 336 g/mol. The van der Waals surface area contributed by atoms with Crippen LogP contribution in [0.1, 0.15) is 44.2 Å². The van der Waals surface area contributed by atoms with Gasteiger partial charge in [-0.3, -0.25) is 4.90 Å². The summed E-state index contributed by atoms with van der Waals surface area (Å²) in [5, 5.41) is 9.67. The minimum atomic E-state index is -0.654. The van der Waals surface area contributed by atoms with Crippen molar-refractivity contribution in [3.8, 4) is 11.8 Å². The lowest BCUT2D eigenvalue weighted by molar-refractivity contribution is 0.141. The third-order valence-electron chi connectivity index (χ3n) is 3.98. The van der Waals surface area contributed by atoms with E-state index in [1.807, 2.05) is 48.5 Å². The molecule has 0 unspecified atom stereocenters. The van der Waals surface area contributed by atoms with E-state index in [-0.39, 0.29) is 0 Å². The quantitative estimate of drug-likeness (QED) is 0.612. The van der Waals surface area contributed by atoms with Crippen molar-refractivity contribution < 1.29 is 9.53 Å². The molecule has 130 valence electrons. The van der Waals surface area contributed by atoms with E-state index in [4.69, 9.17) is 4.74 Å². The molecule has 0 fully saturated rings. The van der Waals surface area contributed by atoms with Crippen molar-refractivity contribution in [2.75, 3.05) is 6.54 Å². The number of hydrogen-bond donors (Lipinski definition) is 0. The molecule has 0 aliphatic heterocycles. The lowest BCUT2D eigenvalue weighted by Crippen LogP contribution is -2.37. The van der Waals surface area contributed by atoms with Crippen LogP contribution in [0.2, 0.25) is 0 Å². The van der Waals surface area contributed by atoms with Crippen molar-refractivity contribution in [3.05, 3.63) is 66.2 Å². The Morgan fingerprint density at radius 1 is 1.04 bits per heavy atom. The fourth-order valence-corrected chi connectivity index (χ4v) is 2.64. The molecule has 0 bridgehead atoms. The van der Waals surface area contributed by atoms with E-state index in [0.29, 0.717) is 12.3 Å². The van der Waals surface area contributed by atoms with Gasteiger partial charge < -0.3 is 4.74 Å². The van der Waals surface area contributed by atoms with Crippen molar-refractivity contribution in [3.63, 3.8) is 0 Å². The minimum absolute atomic E-state index is 0.482. The van der Waals surface area contributed by atoms with E-state index < -0.39 is 12.1 Å². The molecule has 1 atom stereocenters. The molecule has 0 N–H and O–H groups in total. The molecule has 2 rings (SSSR count). The number of carbonyl (C=O) groups excluding carboxylic acids is 1. The predicted molar refractivity (Wildman–Crippen MR) is 98.1 cm³/mol. The molecule has 2 aromatic carbocycles. The second kappa shape index (κ2) is 10.1. The smallest absolute Gasteiger partial charge is 0.410 e. The van der Waals surface area contributed by atoms with Gasteiger partial charge in [0.15, 0.2) is 0 Å². The van der Waals surface area contributed by atoms with Crippen LogP contribution in [0.15, 0.2) is 60.7 Å². The van der Waals surface area contributed by atoms with Crippen molar-refractivity contribution in [1.29, 1.82) is 5.26 Å². The third-order valence-corrected chi connectivity index (χ3v) is 3.98. The number of amides is 1. The molecule has 0 saturated carbocycles. The van der Waals surface area contributed by atoms with Crippen LogP contribution >= 0.6 is 0 Å². The van der Waals surface area contributed by atoms with Crippen LogP contribution in [0.5, 0.6) is 5.75 Å². The SMILES string of the molecule is CCCCCCN(C(=O)Oc1ccccc1)[C@@H](C#N)c1ccccc1. The summed E-state index contributed by atoms with van der Waals surface area (Å²) >= 11 is 0. The second-order valence-electron chi connectivity index (χ2n) is 5.88. The highest BCUT2D eigenvalue weighted by Crippen LogP contribution is 2.23. The van der Waals surface area contributed by atoms with Crippen LogP contribution < -0.4 is 4.74 Å². The van der Waals surface area contributed by atoms with Gasteiger partial charge in [-0.2, -0.15) is 5.26 Å². The van der Waals surface area contributed by atoms with E-state index in [9.17, 15) is 10.1 Å². The Balaban J connectivity index is 2.16. The number of rotatable bonds is 8. The average molecular weight is 336 g/mol. The summed E-state index contributed by atoms with van der Waals surface area (Å²) in [6, 6.07) is 19.9. The number of benzene rings is 2. The zero-order valence-electron chi connectivity index (χ0n) is 14.6. The molecule has 0 aromatic heterocycles. The average Bonchev–Trinajstić information content (AvgIpc) is 2.66. The maximum Gasteiger partial charge on any atom is 0.416 e. The summed E-state index contributed by atoms with van der Waals surface area (Å²) in [5.41, 5.74) is 0.797. The van der Waals surface area contributed by atoms with Crippen LogP contribution in [0.4, 0.5) is 4.79 Å². The molecular weight excluding hydrogens is 312 g/mol. The first-order valence-corrected chi connectivity index (χ1v) is 8.74. The van der Waals surface area contributed by atoms with Gasteiger partial charge in [-0.05, 0) is 24.1 Å². The molecule has 0 aliphatic rings. The first-order valence-electron chi connectivity index (χ1n) is 8.74. The molecule has 0 spiro atoms. The summed E-state index contributed by atoms with van der Waals surface area (Å²) in [6.45, 7) is 2.64. The molecule has 0 saturated heterocycles. The highest BCUT2D eigenvalue weighted by molar-refractivity contribution is 5.71. The highest BCUT2D eigenvalue weighted by atomic mass is 16.6. The lowest BCUT2D eigenvalue weighted by Gasteiger charge is -2.26. The van der Waals surface area contributed by atoms with Crippen LogP contribution in [0.3, 0.4) is 0 Å². The van der Waals surface area contributed by atoms with E-state index in [1.165, 1.54) is 4.90 Å². The van der Waals surface area contributed by atoms with Crippen molar-refractivity contribution >= 4 is 6.09 Å². The number of unbranched alkanes of at least 4 members (excludes halogenated alkanes) is 3. The molecular formula is C21H24N2O2. The van der Waals surface area contributed by atoms with E-state index in [0.717, 1.165) is 31.2 Å². The van der Waals surface area contributed by atoms with Gasteiger partial charge in [-0.25, -0.2) is 4.79 Å². The summed E-state index contributed by atoms with van der Waals surface area (Å²) in [4.78, 5) is 14.2. The largest absolute Gasteiger partial charge is 0.416 e. The molecule has 4 heteroatoms. The Kier molecular flexibility index (Phi) is 7.52. The summed E-state index contributed by atoms with van der Waals surface area (Å²) in [7, 11) is 0. The molecule has 1 amide bonds. The molecule has 25 heavy (non-hydrogen) atoms. The van der Waals surface area contributed by atoms with Crippen LogP contribution in [-0.2, 0) is 0 Å². The molecule has 0 radical (unpaired) electrons. The van der Waals surface area contributed by atoms with E-state index in [2.05, 4.69) is 13.0 Å². The van der Waals surface area contributed by atoms with Crippen LogP contribution in [-0.4, -0.2) is 17.5 Å². The van der Waals surface area contributed by atoms with Crippen LogP contribution in [0.25, 0.3) is 0 Å². The number of nitriles is 1. The maximum absolute atomic E-state index is 12.7. The summed E-state index contributed by atoms with van der Waals surface area (Å²) in [6.07, 6.45) is 3.62. The van der Waals surface area contributed by atoms with Gasteiger partial charge in [-0.1, -0.05) is 74.7 Å². The molecule has 0 aliphatic carbocycles. The van der Waals surface area contributed by atoms with Gasteiger partial charge in [0, 0.05) is 6.54 Å². The van der Waals surface area contributed by atoms with Gasteiger partial charge in [0.25, 0.3) is 0 Å². The first kappa shape index (κ1) is 18.5. The standard InChI is InChI=1S/C21H24N2O2/c1-2-3-4-11-16-23(20(17-22)18-12-7-5-8-13-18)21(24)25-19-14-9-6-10-15-19/h5-10,12-15,20H,2-4,11,16H2,1H3/t20-/m0/s1. The zero-order chi connectivity index (χ0) is 17.9. The van der Waals surface area contributed by atoms with Gasteiger partial charge >= 0.3 is 6.09 Å². The summed E-state index contributed by atoms with van der Waals surface area (Å²) < 4.78 is 5.47. The number of nitrogens with zero attached hydrogens (tertiary/aromatic N) is 2. The van der Waals surface area contributed by atoms with Gasteiger partial charge in [-0.15, -0.1) is 0 Å². The fourth-order valence-electron chi connectivity index (χ4n) is 2.64. The second-order valence-corrected chi connectivity index (χ2v) is 5.88. The molecule has 2 aromatic rings. The summed E-state index contributed by atoms with van der Waals surface area (Å²) in [5.74, 6) is 0.482.